The average molecular weight is 477 g/mol. The number of carbonyl (C=O) groups is 3. The van der Waals surface area contributed by atoms with Crippen molar-refractivity contribution in [3.05, 3.63) is 60.2 Å². The quantitative estimate of drug-likeness (QED) is 0.347. The Hall–Kier alpha value is -3.08. The molecule has 0 bridgehead atoms. The lowest BCUT2D eigenvalue weighted by atomic mass is 9.87. The van der Waals surface area contributed by atoms with Crippen LogP contribution in [-0.4, -0.2) is 55.5 Å². The second-order valence-electron chi connectivity index (χ2n) is 8.16. The summed E-state index contributed by atoms with van der Waals surface area (Å²) in [6, 6.07) is 14.0. The molecule has 178 valence electrons. The van der Waals surface area contributed by atoms with Gasteiger partial charge in [0.1, 0.15) is 6.10 Å². The fraction of sp³-hybridized carbons (Fsp3) is 0.348. The lowest BCUT2D eigenvalue weighted by Crippen LogP contribution is -2.46. The molecule has 0 fully saturated rings. The molecule has 1 atom stereocenters. The van der Waals surface area contributed by atoms with Gasteiger partial charge >= 0.3 is 0 Å². The van der Waals surface area contributed by atoms with E-state index in [4.69, 9.17) is 0 Å². The van der Waals surface area contributed by atoms with Crippen molar-refractivity contribution in [1.82, 2.24) is 10.6 Å². The number of amides is 2. The minimum Gasteiger partial charge on any atom is -0.396 e. The molecule has 2 rings (SSSR count). The van der Waals surface area contributed by atoms with Crippen LogP contribution in [0.4, 0.5) is 0 Å². The van der Waals surface area contributed by atoms with Gasteiger partial charge in [0.15, 0.2) is 0 Å². The summed E-state index contributed by atoms with van der Waals surface area (Å²) in [5.41, 5.74) is -0.438. The Bertz CT molecular complexity index is 1080. The minimum atomic E-state index is -3.64. The Morgan fingerprint density at radius 2 is 1.52 bits per heavy atom. The van der Waals surface area contributed by atoms with Gasteiger partial charge in [-0.15, -0.1) is 0 Å². The van der Waals surface area contributed by atoms with Crippen LogP contribution >= 0.6 is 0 Å². The van der Waals surface area contributed by atoms with E-state index in [2.05, 4.69) is 10.6 Å². The van der Waals surface area contributed by atoms with E-state index < -0.39 is 45.6 Å². The molecule has 0 aliphatic heterocycles. The first kappa shape index (κ1) is 26.2. The Morgan fingerprint density at radius 3 is 2.09 bits per heavy atom. The largest absolute Gasteiger partial charge is 0.396 e. The van der Waals surface area contributed by atoms with Crippen LogP contribution in [-0.2, 0) is 30.8 Å². The number of sulfone groups is 1. The Kier molecular flexibility index (Phi) is 8.86. The first-order valence-corrected chi connectivity index (χ1v) is 11.7. The second-order valence-corrected chi connectivity index (χ2v) is 10.1. The third-order valence-electron chi connectivity index (χ3n) is 5.04. The molecule has 0 saturated carbocycles. The van der Waals surface area contributed by atoms with E-state index in [0.717, 1.165) is 0 Å². The predicted molar refractivity (Wildman–Crippen MR) is 120 cm³/mol. The summed E-state index contributed by atoms with van der Waals surface area (Å²) in [5, 5.41) is 23.9. The molecule has 0 radical (unpaired) electrons. The Balaban J connectivity index is 1.83. The van der Waals surface area contributed by atoms with Crippen LogP contribution in [0.15, 0.2) is 64.4 Å². The molecule has 0 aliphatic carbocycles. The van der Waals surface area contributed by atoms with Crippen molar-refractivity contribution >= 4 is 27.4 Å². The van der Waals surface area contributed by atoms with Gasteiger partial charge in [-0.2, -0.15) is 0 Å². The second kappa shape index (κ2) is 11.2. The number of aliphatic hydroxyl groups excluding tert-OH is 2. The topological polar surface area (TPSA) is 150 Å². The number of aliphatic hydroxyl groups is 2. The van der Waals surface area contributed by atoms with Crippen molar-refractivity contribution in [2.24, 2.45) is 5.41 Å². The predicted octanol–water partition coefficient (Wildman–Crippen LogP) is 0.590. The van der Waals surface area contributed by atoms with Gasteiger partial charge in [-0.3, -0.25) is 14.4 Å². The van der Waals surface area contributed by atoms with Gasteiger partial charge in [0.05, 0.1) is 16.4 Å². The standard InChI is InChI=1S/C23H28N2O7S/c1-23(2,15-26)20(28)22(30)24-13-12-19(27)21(29)25-14-16-8-10-18(11-9-16)33(31,32)17-6-4-3-5-7-17/h3-11,20,26,28H,12-15H2,1-2H3,(H,24,30)(H,25,29). The van der Waals surface area contributed by atoms with Gasteiger partial charge in [-0.1, -0.05) is 44.2 Å². The van der Waals surface area contributed by atoms with Crippen molar-refractivity contribution in [3.63, 3.8) is 0 Å². The number of ketones is 1. The summed E-state index contributed by atoms with van der Waals surface area (Å²) in [6.45, 7) is 2.50. The fourth-order valence-corrected chi connectivity index (χ4v) is 4.04. The number of hydrogen-bond acceptors (Lipinski definition) is 7. The first-order chi connectivity index (χ1) is 15.5. The van der Waals surface area contributed by atoms with Crippen molar-refractivity contribution in [1.29, 1.82) is 0 Å². The summed E-state index contributed by atoms with van der Waals surface area (Å²) >= 11 is 0. The molecule has 2 aromatic rings. The molecule has 1 unspecified atom stereocenters. The smallest absolute Gasteiger partial charge is 0.287 e. The van der Waals surface area contributed by atoms with Crippen LogP contribution in [0, 0.1) is 5.41 Å². The van der Waals surface area contributed by atoms with E-state index in [1.807, 2.05) is 0 Å². The third kappa shape index (κ3) is 6.95. The van der Waals surface area contributed by atoms with E-state index in [0.29, 0.717) is 5.56 Å². The van der Waals surface area contributed by atoms with Gasteiger partial charge in [-0.05, 0) is 29.8 Å². The number of carbonyl (C=O) groups excluding carboxylic acids is 3. The van der Waals surface area contributed by atoms with E-state index >= 15 is 0 Å². The lowest BCUT2D eigenvalue weighted by Gasteiger charge is -2.27. The maximum atomic E-state index is 12.6. The highest BCUT2D eigenvalue weighted by Crippen LogP contribution is 2.21. The van der Waals surface area contributed by atoms with Crippen LogP contribution < -0.4 is 10.6 Å². The monoisotopic (exact) mass is 476 g/mol. The average Bonchev–Trinajstić information content (AvgIpc) is 2.82. The highest BCUT2D eigenvalue weighted by atomic mass is 32.2. The van der Waals surface area contributed by atoms with Crippen molar-refractivity contribution < 1.29 is 33.0 Å². The van der Waals surface area contributed by atoms with Gasteiger partial charge in [0.2, 0.25) is 21.5 Å². The molecule has 4 N–H and O–H groups in total. The summed E-state index contributed by atoms with van der Waals surface area (Å²) in [5.74, 6) is -2.34. The molecule has 0 spiro atoms. The third-order valence-corrected chi connectivity index (χ3v) is 6.83. The Labute approximate surface area is 192 Å². The zero-order valence-corrected chi connectivity index (χ0v) is 19.3. The molecular formula is C23H28N2O7S. The van der Waals surface area contributed by atoms with E-state index in [1.54, 1.807) is 30.3 Å². The summed E-state index contributed by atoms with van der Waals surface area (Å²) in [4.78, 5) is 36.1. The fourth-order valence-electron chi connectivity index (χ4n) is 2.75. The van der Waals surface area contributed by atoms with Crippen molar-refractivity contribution in [3.8, 4) is 0 Å². The van der Waals surface area contributed by atoms with E-state index in [1.165, 1.54) is 38.1 Å². The number of benzene rings is 2. The molecule has 0 heterocycles. The SMILES string of the molecule is CC(C)(CO)C(O)C(=O)NCCC(=O)C(=O)NCc1ccc(S(=O)(=O)c2ccccc2)cc1. The molecule has 2 aromatic carbocycles. The molecular weight excluding hydrogens is 448 g/mol. The minimum absolute atomic E-state index is 0.0198. The van der Waals surface area contributed by atoms with E-state index in [-0.39, 0.29) is 29.3 Å². The van der Waals surface area contributed by atoms with Crippen molar-refractivity contribution in [2.75, 3.05) is 13.2 Å². The zero-order chi connectivity index (χ0) is 24.6. The molecule has 0 saturated heterocycles. The summed E-state index contributed by atoms with van der Waals surface area (Å²) in [7, 11) is -3.64. The first-order valence-electron chi connectivity index (χ1n) is 10.3. The van der Waals surface area contributed by atoms with Crippen LogP contribution in [0.1, 0.15) is 25.8 Å². The van der Waals surface area contributed by atoms with Gasteiger partial charge in [0, 0.05) is 24.9 Å². The molecule has 9 nitrogen and oxygen atoms in total. The lowest BCUT2D eigenvalue weighted by molar-refractivity contribution is -0.139. The highest BCUT2D eigenvalue weighted by molar-refractivity contribution is 7.91. The Morgan fingerprint density at radius 1 is 0.939 bits per heavy atom. The number of Topliss-reactive ketones (excluding diaryl/α,β-unsaturated/α-hetero) is 1. The van der Waals surface area contributed by atoms with Gasteiger partial charge < -0.3 is 20.8 Å². The summed E-state index contributed by atoms with van der Waals surface area (Å²) < 4.78 is 25.2. The number of nitrogens with one attached hydrogen (secondary N) is 2. The molecule has 0 aliphatic rings. The van der Waals surface area contributed by atoms with Gasteiger partial charge in [-0.25, -0.2) is 8.42 Å². The van der Waals surface area contributed by atoms with Crippen molar-refractivity contribution in [2.45, 2.75) is 42.7 Å². The van der Waals surface area contributed by atoms with Crippen LogP contribution in [0.2, 0.25) is 0 Å². The highest BCUT2D eigenvalue weighted by Gasteiger charge is 2.32. The molecule has 10 heteroatoms. The molecule has 2 amide bonds. The van der Waals surface area contributed by atoms with E-state index in [9.17, 15) is 33.0 Å². The normalized spacial score (nSPS) is 12.6. The maximum Gasteiger partial charge on any atom is 0.287 e. The van der Waals surface area contributed by atoms with Crippen LogP contribution in [0.25, 0.3) is 0 Å². The van der Waals surface area contributed by atoms with Crippen LogP contribution in [0.3, 0.4) is 0 Å². The van der Waals surface area contributed by atoms with Crippen LogP contribution in [0.5, 0.6) is 0 Å². The number of hydrogen-bond donors (Lipinski definition) is 4. The molecule has 33 heavy (non-hydrogen) atoms. The maximum absolute atomic E-state index is 12.6. The number of rotatable bonds is 11. The summed E-state index contributed by atoms with van der Waals surface area (Å²) in [6.07, 6.45) is -1.72. The van der Waals surface area contributed by atoms with Gasteiger partial charge in [0.25, 0.3) is 5.91 Å². The molecule has 0 aromatic heterocycles. The zero-order valence-electron chi connectivity index (χ0n) is 18.4.